The minimum Gasteiger partial charge on any atom is -0.384 e. The molecule has 0 saturated carbocycles. The predicted octanol–water partition coefficient (Wildman–Crippen LogP) is 2.34. The second-order valence-electron chi connectivity index (χ2n) is 3.39. The molecule has 0 amide bonds. The number of benzene rings is 1. The van der Waals surface area contributed by atoms with Crippen LogP contribution >= 0.6 is 0 Å². The zero-order valence-corrected chi connectivity index (χ0v) is 9.14. The molecular weight excluding hydrogens is 229 g/mol. The Morgan fingerprint density at radius 2 is 2.00 bits per heavy atom. The van der Waals surface area contributed by atoms with Gasteiger partial charge in [-0.15, -0.1) is 6.42 Å². The van der Waals surface area contributed by atoms with Crippen molar-refractivity contribution in [3.63, 3.8) is 0 Å². The summed E-state index contributed by atoms with van der Waals surface area (Å²) >= 11 is 0. The van der Waals surface area contributed by atoms with E-state index in [1.807, 2.05) is 0 Å². The third kappa shape index (κ3) is 4.79. The fraction of sp³-hybridized carbons (Fsp3) is 0.333. The molecular formula is C12H13F3N2. The number of alkyl halides is 3. The molecule has 0 aliphatic heterocycles. The second-order valence-corrected chi connectivity index (χ2v) is 3.39. The van der Waals surface area contributed by atoms with Crippen LogP contribution in [0.2, 0.25) is 0 Å². The summed E-state index contributed by atoms with van der Waals surface area (Å²) in [7, 11) is 0. The minimum atomic E-state index is -4.31. The smallest absolute Gasteiger partial charge is 0.384 e. The molecule has 1 aromatic rings. The van der Waals surface area contributed by atoms with E-state index in [1.165, 1.54) is 6.07 Å². The molecule has 0 fully saturated rings. The highest BCUT2D eigenvalue weighted by Crippen LogP contribution is 2.30. The molecule has 1 aromatic carbocycles. The quantitative estimate of drug-likeness (QED) is 0.611. The highest BCUT2D eigenvalue weighted by Gasteiger charge is 2.30. The van der Waals surface area contributed by atoms with E-state index in [-0.39, 0.29) is 0 Å². The van der Waals surface area contributed by atoms with Gasteiger partial charge < -0.3 is 10.6 Å². The maximum atomic E-state index is 12.4. The van der Waals surface area contributed by atoms with Gasteiger partial charge in [0.1, 0.15) is 0 Å². The molecule has 92 valence electrons. The van der Waals surface area contributed by atoms with Gasteiger partial charge in [0.2, 0.25) is 0 Å². The molecule has 0 bridgehead atoms. The van der Waals surface area contributed by atoms with E-state index < -0.39 is 11.7 Å². The number of hydrogen-bond donors (Lipinski definition) is 2. The summed E-state index contributed by atoms with van der Waals surface area (Å²) in [5.41, 5.74) is -0.207. The SMILES string of the molecule is C#CCNCCNc1cccc(C(F)(F)F)c1. The lowest BCUT2D eigenvalue weighted by Gasteiger charge is -2.10. The van der Waals surface area contributed by atoms with Gasteiger partial charge in [-0.3, -0.25) is 0 Å². The Balaban J connectivity index is 2.47. The van der Waals surface area contributed by atoms with Crippen LogP contribution in [0.15, 0.2) is 24.3 Å². The molecule has 0 aliphatic carbocycles. The van der Waals surface area contributed by atoms with Crippen molar-refractivity contribution in [3.05, 3.63) is 29.8 Å². The van der Waals surface area contributed by atoms with Gasteiger partial charge in [0.15, 0.2) is 0 Å². The van der Waals surface area contributed by atoms with Crippen LogP contribution in [0.25, 0.3) is 0 Å². The Hall–Kier alpha value is -1.67. The molecule has 1 rings (SSSR count). The van der Waals surface area contributed by atoms with Crippen molar-refractivity contribution >= 4 is 5.69 Å². The van der Waals surface area contributed by atoms with Crippen LogP contribution in [-0.2, 0) is 6.18 Å². The lowest BCUT2D eigenvalue weighted by atomic mass is 10.2. The van der Waals surface area contributed by atoms with Gasteiger partial charge >= 0.3 is 6.18 Å². The molecule has 0 saturated heterocycles. The van der Waals surface area contributed by atoms with Crippen molar-refractivity contribution in [1.82, 2.24) is 5.32 Å². The van der Waals surface area contributed by atoms with Crippen LogP contribution in [0.4, 0.5) is 18.9 Å². The highest BCUT2D eigenvalue weighted by molar-refractivity contribution is 5.46. The van der Waals surface area contributed by atoms with Gasteiger partial charge in [0.05, 0.1) is 12.1 Å². The average molecular weight is 242 g/mol. The first-order valence-corrected chi connectivity index (χ1v) is 5.09. The Morgan fingerprint density at radius 3 is 2.65 bits per heavy atom. The Kier molecular flexibility index (Phi) is 4.85. The second kappa shape index (κ2) is 6.16. The predicted molar refractivity (Wildman–Crippen MR) is 61.6 cm³/mol. The van der Waals surface area contributed by atoms with Crippen molar-refractivity contribution in [1.29, 1.82) is 0 Å². The lowest BCUT2D eigenvalue weighted by molar-refractivity contribution is -0.137. The summed E-state index contributed by atoms with van der Waals surface area (Å²) in [5.74, 6) is 2.41. The summed E-state index contributed by atoms with van der Waals surface area (Å²) in [4.78, 5) is 0. The molecule has 17 heavy (non-hydrogen) atoms. The van der Waals surface area contributed by atoms with Crippen molar-refractivity contribution in [2.45, 2.75) is 6.18 Å². The molecule has 5 heteroatoms. The molecule has 0 radical (unpaired) electrons. The van der Waals surface area contributed by atoms with Crippen molar-refractivity contribution in [2.24, 2.45) is 0 Å². The normalized spacial score (nSPS) is 10.9. The first-order chi connectivity index (χ1) is 8.04. The molecule has 0 unspecified atom stereocenters. The third-order valence-corrected chi connectivity index (χ3v) is 2.05. The van der Waals surface area contributed by atoms with Crippen LogP contribution < -0.4 is 10.6 Å². The average Bonchev–Trinajstić information content (AvgIpc) is 2.28. The van der Waals surface area contributed by atoms with Gasteiger partial charge in [0, 0.05) is 18.8 Å². The maximum absolute atomic E-state index is 12.4. The summed E-state index contributed by atoms with van der Waals surface area (Å²) in [6, 6.07) is 5.10. The molecule has 0 atom stereocenters. The Bertz CT molecular complexity index is 393. The standard InChI is InChI=1S/C12H13F3N2/c1-2-6-16-7-8-17-11-5-3-4-10(9-11)12(13,14)15/h1,3-5,9,16-17H,6-8H2. The molecule has 0 spiro atoms. The fourth-order valence-corrected chi connectivity index (χ4v) is 1.26. The van der Waals surface area contributed by atoms with Gasteiger partial charge in [-0.25, -0.2) is 0 Å². The van der Waals surface area contributed by atoms with Crippen molar-refractivity contribution in [2.75, 3.05) is 25.0 Å². The monoisotopic (exact) mass is 242 g/mol. The number of hydrogen-bond acceptors (Lipinski definition) is 2. The van der Waals surface area contributed by atoms with E-state index in [1.54, 1.807) is 6.07 Å². The van der Waals surface area contributed by atoms with Gasteiger partial charge in [-0.05, 0) is 18.2 Å². The third-order valence-electron chi connectivity index (χ3n) is 2.05. The van der Waals surface area contributed by atoms with Crippen LogP contribution in [0, 0.1) is 12.3 Å². The van der Waals surface area contributed by atoms with E-state index >= 15 is 0 Å². The Labute approximate surface area is 98.2 Å². The zero-order chi connectivity index (χ0) is 12.7. The number of rotatable bonds is 5. The summed E-state index contributed by atoms with van der Waals surface area (Å²) in [5, 5.41) is 5.81. The molecule has 2 nitrogen and oxygen atoms in total. The van der Waals surface area contributed by atoms with Crippen molar-refractivity contribution < 1.29 is 13.2 Å². The molecule has 0 aliphatic rings. The minimum absolute atomic E-state index is 0.447. The van der Waals surface area contributed by atoms with Crippen LogP contribution in [0.3, 0.4) is 0 Å². The maximum Gasteiger partial charge on any atom is 0.416 e. The van der Waals surface area contributed by atoms with Gasteiger partial charge in [-0.1, -0.05) is 12.0 Å². The first kappa shape index (κ1) is 13.4. The topological polar surface area (TPSA) is 24.1 Å². The fourth-order valence-electron chi connectivity index (χ4n) is 1.26. The molecule has 0 heterocycles. The van der Waals surface area contributed by atoms with E-state index in [0.717, 1.165) is 12.1 Å². The molecule has 0 aromatic heterocycles. The number of nitrogens with one attached hydrogen (secondary N) is 2. The summed E-state index contributed by atoms with van der Waals surface area (Å²) in [6.07, 6.45) is 0.726. The van der Waals surface area contributed by atoms with Crippen LogP contribution in [0.1, 0.15) is 5.56 Å². The highest BCUT2D eigenvalue weighted by atomic mass is 19.4. The Morgan fingerprint density at radius 1 is 1.24 bits per heavy atom. The van der Waals surface area contributed by atoms with Gasteiger partial charge in [0.25, 0.3) is 0 Å². The number of terminal acetylenes is 1. The summed E-state index contributed by atoms with van der Waals surface area (Å²) < 4.78 is 37.2. The van der Waals surface area contributed by atoms with Crippen LogP contribution in [-0.4, -0.2) is 19.6 Å². The van der Waals surface area contributed by atoms with E-state index in [0.29, 0.717) is 25.3 Å². The van der Waals surface area contributed by atoms with E-state index in [4.69, 9.17) is 6.42 Å². The first-order valence-electron chi connectivity index (χ1n) is 5.09. The van der Waals surface area contributed by atoms with Gasteiger partial charge in [-0.2, -0.15) is 13.2 Å². The van der Waals surface area contributed by atoms with E-state index in [9.17, 15) is 13.2 Å². The molecule has 2 N–H and O–H groups in total. The number of anilines is 1. The van der Waals surface area contributed by atoms with E-state index in [2.05, 4.69) is 16.6 Å². The lowest BCUT2D eigenvalue weighted by Crippen LogP contribution is -2.22. The summed E-state index contributed by atoms with van der Waals surface area (Å²) in [6.45, 7) is 1.56. The largest absolute Gasteiger partial charge is 0.416 e. The van der Waals surface area contributed by atoms with Crippen molar-refractivity contribution in [3.8, 4) is 12.3 Å². The van der Waals surface area contributed by atoms with Crippen LogP contribution in [0.5, 0.6) is 0 Å². The number of halogens is 3. The zero-order valence-electron chi connectivity index (χ0n) is 9.14.